The van der Waals surface area contributed by atoms with E-state index < -0.39 is 5.91 Å². The molecule has 1 amide bonds. The van der Waals surface area contributed by atoms with E-state index in [-0.39, 0.29) is 5.82 Å². The molecule has 31 heavy (non-hydrogen) atoms. The summed E-state index contributed by atoms with van der Waals surface area (Å²) >= 11 is 18.6. The second-order valence-corrected chi connectivity index (χ2v) is 8.20. The topological polar surface area (TPSA) is 59.8 Å². The lowest BCUT2D eigenvalue weighted by molar-refractivity contribution is 0.101. The van der Waals surface area contributed by atoms with Crippen molar-refractivity contribution < 1.29 is 4.79 Å². The molecule has 8 heteroatoms. The fourth-order valence-corrected chi connectivity index (χ4v) is 3.71. The lowest BCUT2D eigenvalue weighted by Crippen LogP contribution is -2.15. The van der Waals surface area contributed by atoms with Gasteiger partial charge in [0.2, 0.25) is 5.82 Å². The number of para-hydroxylation sites is 1. The molecule has 0 radical (unpaired) electrons. The molecule has 4 rings (SSSR count). The number of halogens is 3. The average Bonchev–Trinajstić information content (AvgIpc) is 3.18. The van der Waals surface area contributed by atoms with Crippen LogP contribution in [0.2, 0.25) is 15.1 Å². The van der Waals surface area contributed by atoms with Gasteiger partial charge in [-0.05, 0) is 67.4 Å². The fraction of sp³-hybridized carbons (Fsp3) is 0.0870. The van der Waals surface area contributed by atoms with Crippen molar-refractivity contribution in [1.82, 2.24) is 14.8 Å². The van der Waals surface area contributed by atoms with Crippen molar-refractivity contribution in [2.24, 2.45) is 0 Å². The number of anilines is 1. The van der Waals surface area contributed by atoms with Gasteiger partial charge in [0.25, 0.3) is 5.91 Å². The summed E-state index contributed by atoms with van der Waals surface area (Å²) in [6.45, 7) is 3.75. The van der Waals surface area contributed by atoms with Crippen LogP contribution in [0.4, 0.5) is 5.69 Å². The summed E-state index contributed by atoms with van der Waals surface area (Å²) in [5, 5.41) is 8.94. The van der Waals surface area contributed by atoms with E-state index in [0.717, 1.165) is 22.4 Å². The Bertz CT molecular complexity index is 1260. The van der Waals surface area contributed by atoms with Crippen LogP contribution in [0.5, 0.6) is 0 Å². The Kier molecular flexibility index (Phi) is 6.01. The minimum atomic E-state index is -0.468. The van der Waals surface area contributed by atoms with Gasteiger partial charge >= 0.3 is 0 Å². The summed E-state index contributed by atoms with van der Waals surface area (Å²) in [7, 11) is 0. The van der Waals surface area contributed by atoms with Gasteiger partial charge in [-0.3, -0.25) is 4.79 Å². The molecule has 1 aromatic heterocycles. The number of nitrogens with one attached hydrogen (secondary N) is 1. The van der Waals surface area contributed by atoms with E-state index >= 15 is 0 Å². The number of amides is 1. The van der Waals surface area contributed by atoms with E-state index in [9.17, 15) is 4.79 Å². The molecule has 0 aliphatic carbocycles. The fourth-order valence-electron chi connectivity index (χ4n) is 3.15. The maximum atomic E-state index is 13.0. The zero-order valence-electron chi connectivity index (χ0n) is 16.7. The van der Waals surface area contributed by atoms with Crippen molar-refractivity contribution in [3.05, 3.63) is 92.7 Å². The Morgan fingerprint density at radius 1 is 0.903 bits per heavy atom. The molecule has 0 bridgehead atoms. The highest BCUT2D eigenvalue weighted by Gasteiger charge is 2.21. The number of nitrogens with zero attached hydrogens (tertiary/aromatic N) is 3. The molecule has 0 saturated heterocycles. The highest BCUT2D eigenvalue weighted by Crippen LogP contribution is 2.29. The lowest BCUT2D eigenvalue weighted by Gasteiger charge is -2.10. The van der Waals surface area contributed by atoms with Crippen molar-refractivity contribution in [3.63, 3.8) is 0 Å². The van der Waals surface area contributed by atoms with Crippen LogP contribution in [0.3, 0.4) is 0 Å². The average molecular weight is 472 g/mol. The Morgan fingerprint density at radius 2 is 1.58 bits per heavy atom. The first-order chi connectivity index (χ1) is 14.8. The van der Waals surface area contributed by atoms with Gasteiger partial charge in [0.15, 0.2) is 5.82 Å². The number of aromatic nitrogens is 3. The first-order valence-corrected chi connectivity index (χ1v) is 10.5. The molecule has 0 aliphatic heterocycles. The zero-order valence-corrected chi connectivity index (χ0v) is 18.9. The Hall–Kier alpha value is -2.86. The smallest absolute Gasteiger partial charge is 0.295 e. The van der Waals surface area contributed by atoms with Gasteiger partial charge in [0.05, 0.1) is 16.4 Å². The van der Waals surface area contributed by atoms with Gasteiger partial charge in [-0.25, -0.2) is 9.67 Å². The summed E-state index contributed by atoms with van der Waals surface area (Å²) in [5.74, 6) is 0.0246. The molecule has 0 spiro atoms. The molecule has 1 heterocycles. The van der Waals surface area contributed by atoms with Crippen LogP contribution in [0.25, 0.3) is 17.1 Å². The molecular formula is C23H17Cl3N4O. The summed E-state index contributed by atoms with van der Waals surface area (Å²) in [6, 6.07) is 18.0. The molecule has 0 atom stereocenters. The highest BCUT2D eigenvalue weighted by molar-refractivity contribution is 6.34. The molecule has 0 saturated carbocycles. The second-order valence-electron chi connectivity index (χ2n) is 6.95. The molecule has 3 aromatic carbocycles. The SMILES string of the molecule is Cc1cccc(Cl)c1NC(=O)c1nc(-c2ccc(Cl)cc2)n(-c2cccc(Cl)c2C)n1. The minimum absolute atomic E-state index is 0.00338. The van der Waals surface area contributed by atoms with E-state index in [4.69, 9.17) is 34.8 Å². The Morgan fingerprint density at radius 3 is 2.29 bits per heavy atom. The first kappa shape index (κ1) is 21.4. The van der Waals surface area contributed by atoms with Gasteiger partial charge in [-0.2, -0.15) is 0 Å². The third-order valence-corrected chi connectivity index (χ3v) is 5.82. The van der Waals surface area contributed by atoms with Crippen LogP contribution in [-0.4, -0.2) is 20.7 Å². The number of hydrogen-bond donors (Lipinski definition) is 1. The normalized spacial score (nSPS) is 10.9. The maximum Gasteiger partial charge on any atom is 0.295 e. The van der Waals surface area contributed by atoms with Crippen molar-refractivity contribution in [3.8, 4) is 17.1 Å². The number of rotatable bonds is 4. The minimum Gasteiger partial charge on any atom is -0.318 e. The number of hydrogen-bond acceptors (Lipinski definition) is 3. The van der Waals surface area contributed by atoms with Gasteiger partial charge in [-0.15, -0.1) is 5.10 Å². The number of benzene rings is 3. The monoisotopic (exact) mass is 470 g/mol. The molecule has 0 unspecified atom stereocenters. The Labute approximate surface area is 194 Å². The lowest BCUT2D eigenvalue weighted by atomic mass is 10.1. The second kappa shape index (κ2) is 8.71. The Balaban J connectivity index is 1.82. The maximum absolute atomic E-state index is 13.0. The molecule has 156 valence electrons. The van der Waals surface area contributed by atoms with E-state index in [1.54, 1.807) is 28.9 Å². The van der Waals surface area contributed by atoms with Gasteiger partial charge in [0.1, 0.15) is 0 Å². The molecular weight excluding hydrogens is 455 g/mol. The number of carbonyl (C=O) groups is 1. The van der Waals surface area contributed by atoms with Gasteiger partial charge < -0.3 is 5.32 Å². The predicted molar refractivity (Wildman–Crippen MR) is 126 cm³/mol. The highest BCUT2D eigenvalue weighted by atomic mass is 35.5. The van der Waals surface area contributed by atoms with Crippen LogP contribution >= 0.6 is 34.8 Å². The summed E-state index contributed by atoms with van der Waals surface area (Å²) < 4.78 is 1.61. The van der Waals surface area contributed by atoms with Gasteiger partial charge in [-0.1, -0.05) is 53.0 Å². The van der Waals surface area contributed by atoms with Crippen molar-refractivity contribution >= 4 is 46.4 Å². The van der Waals surface area contributed by atoms with Crippen LogP contribution in [0.1, 0.15) is 21.7 Å². The van der Waals surface area contributed by atoms with E-state index in [0.29, 0.717) is 26.6 Å². The summed E-state index contributed by atoms with van der Waals surface area (Å²) in [5.41, 5.74) is 3.65. The molecule has 0 aliphatic rings. The van der Waals surface area contributed by atoms with Crippen LogP contribution in [0.15, 0.2) is 60.7 Å². The predicted octanol–water partition coefficient (Wildman–Crippen LogP) is 6.76. The molecule has 1 N–H and O–H groups in total. The van der Waals surface area contributed by atoms with Crippen LogP contribution in [0, 0.1) is 13.8 Å². The molecule has 5 nitrogen and oxygen atoms in total. The van der Waals surface area contributed by atoms with Crippen LogP contribution in [-0.2, 0) is 0 Å². The largest absolute Gasteiger partial charge is 0.318 e. The molecule has 4 aromatic rings. The van der Waals surface area contributed by atoms with Crippen molar-refractivity contribution in [2.45, 2.75) is 13.8 Å². The zero-order chi connectivity index (χ0) is 22.1. The first-order valence-electron chi connectivity index (χ1n) is 9.40. The third kappa shape index (κ3) is 4.30. The van der Waals surface area contributed by atoms with Crippen LogP contribution < -0.4 is 5.32 Å². The molecule has 0 fully saturated rings. The number of carbonyl (C=O) groups excluding carboxylic acids is 1. The van der Waals surface area contributed by atoms with E-state index in [1.807, 2.05) is 50.2 Å². The van der Waals surface area contributed by atoms with Gasteiger partial charge in [0, 0.05) is 15.6 Å². The standard InChI is InChI=1S/C23H17Cl3N4O/c1-13-5-3-7-18(26)20(13)27-23(31)21-28-22(15-9-11-16(24)12-10-15)30(29-21)19-8-4-6-17(25)14(19)2/h3-12H,1-2H3,(H,27,31). The summed E-state index contributed by atoms with van der Waals surface area (Å²) in [6.07, 6.45) is 0. The quantitative estimate of drug-likeness (QED) is 0.357. The number of aryl methyl sites for hydroxylation is 1. The van der Waals surface area contributed by atoms with Crippen molar-refractivity contribution in [2.75, 3.05) is 5.32 Å². The summed E-state index contributed by atoms with van der Waals surface area (Å²) in [4.78, 5) is 17.5. The van der Waals surface area contributed by atoms with Crippen molar-refractivity contribution in [1.29, 1.82) is 0 Å². The van der Waals surface area contributed by atoms with E-state index in [1.165, 1.54) is 0 Å². The van der Waals surface area contributed by atoms with E-state index in [2.05, 4.69) is 15.4 Å². The third-order valence-electron chi connectivity index (χ3n) is 4.84.